The van der Waals surface area contributed by atoms with Crippen LogP contribution in [0.2, 0.25) is 0 Å². The van der Waals surface area contributed by atoms with Gasteiger partial charge >= 0.3 is 0 Å². The molecule has 1 aliphatic rings. The topological polar surface area (TPSA) is 26.7 Å². The normalized spacial score (nSPS) is 20.7. The molecule has 1 heterocycles. The lowest BCUT2D eigenvalue weighted by Gasteiger charge is -2.45. The van der Waals surface area contributed by atoms with E-state index in [4.69, 9.17) is 5.11 Å². The molecule has 0 unspecified atom stereocenters. The summed E-state index contributed by atoms with van der Waals surface area (Å²) in [5, 5.41) is 9.08. The van der Waals surface area contributed by atoms with E-state index in [9.17, 15) is 8.78 Å². The Kier molecular flexibility index (Phi) is 3.78. The molecule has 106 valence electrons. The predicted molar refractivity (Wildman–Crippen MR) is 70.0 cm³/mol. The molecule has 0 amide bonds. The Morgan fingerprint density at radius 3 is 2.32 bits per heavy atom. The first-order valence-electron chi connectivity index (χ1n) is 6.40. The highest BCUT2D eigenvalue weighted by Gasteiger charge is 2.30. The number of phenolic OH excluding ortho intramolecular Hbond substituents is 1. The number of aromatic hydroxyl groups is 1. The van der Waals surface area contributed by atoms with Crippen molar-refractivity contribution in [3.8, 4) is 5.75 Å². The van der Waals surface area contributed by atoms with Crippen molar-refractivity contribution in [1.82, 2.24) is 9.80 Å². The quantitative estimate of drug-likeness (QED) is 0.892. The van der Waals surface area contributed by atoms with E-state index in [-0.39, 0.29) is 5.54 Å². The molecule has 1 saturated heterocycles. The third-order valence-electron chi connectivity index (χ3n) is 3.88. The molecule has 1 fully saturated rings. The highest BCUT2D eigenvalue weighted by molar-refractivity contribution is 5.30. The van der Waals surface area contributed by atoms with Crippen LogP contribution >= 0.6 is 0 Å². The van der Waals surface area contributed by atoms with Crippen molar-refractivity contribution in [2.45, 2.75) is 25.9 Å². The van der Waals surface area contributed by atoms with Gasteiger partial charge in [-0.1, -0.05) is 0 Å². The summed E-state index contributed by atoms with van der Waals surface area (Å²) < 4.78 is 26.6. The molecular formula is C14H20F2N2O. The fourth-order valence-electron chi connectivity index (χ4n) is 2.44. The summed E-state index contributed by atoms with van der Waals surface area (Å²) in [6, 6.07) is 2.40. The summed E-state index contributed by atoms with van der Waals surface area (Å²) in [4.78, 5) is 4.45. The summed E-state index contributed by atoms with van der Waals surface area (Å²) in [6.07, 6.45) is 0. The maximum Gasteiger partial charge on any atom is 0.187 e. The fraction of sp³-hybridized carbons (Fsp3) is 0.571. The maximum atomic E-state index is 13.3. The maximum absolute atomic E-state index is 13.3. The van der Waals surface area contributed by atoms with Crippen molar-refractivity contribution in [2.75, 3.05) is 26.7 Å². The summed E-state index contributed by atoms with van der Waals surface area (Å²) in [5.41, 5.74) is 0.597. The molecule has 0 bridgehead atoms. The van der Waals surface area contributed by atoms with Crippen LogP contribution in [0.1, 0.15) is 19.4 Å². The minimum atomic E-state index is -0.901. The Bertz CT molecular complexity index is 454. The first-order chi connectivity index (χ1) is 8.79. The van der Waals surface area contributed by atoms with Crippen molar-refractivity contribution in [3.63, 3.8) is 0 Å². The van der Waals surface area contributed by atoms with Crippen LogP contribution in [0.25, 0.3) is 0 Å². The molecule has 0 atom stereocenters. The molecule has 19 heavy (non-hydrogen) atoms. The molecule has 5 heteroatoms. The third kappa shape index (κ3) is 3.04. The second kappa shape index (κ2) is 5.06. The van der Waals surface area contributed by atoms with Crippen LogP contribution in [0.4, 0.5) is 8.78 Å². The van der Waals surface area contributed by atoms with Gasteiger partial charge in [0.15, 0.2) is 17.4 Å². The molecule has 0 saturated carbocycles. The molecule has 1 aromatic rings. The molecule has 1 N–H and O–H groups in total. The van der Waals surface area contributed by atoms with Gasteiger partial charge in [-0.15, -0.1) is 0 Å². The number of likely N-dealkylation sites (N-methyl/N-ethyl adjacent to an activating group) is 1. The van der Waals surface area contributed by atoms with Gasteiger partial charge in [0.2, 0.25) is 0 Å². The number of benzene rings is 1. The predicted octanol–water partition coefficient (Wildman–Crippen LogP) is 2.20. The van der Waals surface area contributed by atoms with Gasteiger partial charge in [0.25, 0.3) is 0 Å². The van der Waals surface area contributed by atoms with Gasteiger partial charge in [0.1, 0.15) is 0 Å². The number of halogens is 2. The zero-order valence-electron chi connectivity index (χ0n) is 11.6. The largest absolute Gasteiger partial charge is 0.503 e. The number of phenols is 1. The van der Waals surface area contributed by atoms with Crippen LogP contribution in [-0.2, 0) is 6.54 Å². The van der Waals surface area contributed by atoms with Crippen molar-refractivity contribution in [3.05, 3.63) is 29.3 Å². The summed E-state index contributed by atoms with van der Waals surface area (Å²) in [5.74, 6) is -2.70. The monoisotopic (exact) mass is 270 g/mol. The van der Waals surface area contributed by atoms with Crippen molar-refractivity contribution in [2.24, 2.45) is 0 Å². The van der Waals surface area contributed by atoms with Gasteiger partial charge in [-0.05, 0) is 38.6 Å². The number of hydrogen-bond acceptors (Lipinski definition) is 3. The van der Waals surface area contributed by atoms with Crippen LogP contribution in [0.5, 0.6) is 5.75 Å². The highest BCUT2D eigenvalue weighted by Crippen LogP contribution is 2.24. The minimum Gasteiger partial charge on any atom is -0.503 e. The number of hydrogen-bond donors (Lipinski definition) is 1. The van der Waals surface area contributed by atoms with Gasteiger partial charge in [-0.3, -0.25) is 9.80 Å². The van der Waals surface area contributed by atoms with Gasteiger partial charge < -0.3 is 5.11 Å². The van der Waals surface area contributed by atoms with Crippen LogP contribution in [-0.4, -0.2) is 47.1 Å². The smallest absolute Gasteiger partial charge is 0.187 e. The van der Waals surface area contributed by atoms with Crippen LogP contribution in [0, 0.1) is 11.6 Å². The summed E-state index contributed by atoms with van der Waals surface area (Å²) in [7, 11) is 2.08. The number of piperazine rings is 1. The fourth-order valence-corrected chi connectivity index (χ4v) is 2.44. The van der Waals surface area contributed by atoms with Crippen molar-refractivity contribution in [1.29, 1.82) is 0 Å². The first-order valence-corrected chi connectivity index (χ1v) is 6.40. The van der Waals surface area contributed by atoms with E-state index >= 15 is 0 Å². The Balaban J connectivity index is 2.10. The van der Waals surface area contributed by atoms with Gasteiger partial charge in [0.05, 0.1) is 0 Å². The van der Waals surface area contributed by atoms with E-state index in [0.29, 0.717) is 12.1 Å². The Morgan fingerprint density at radius 2 is 1.79 bits per heavy atom. The Hall–Kier alpha value is -1.20. The lowest BCUT2D eigenvalue weighted by atomic mass is 9.99. The molecule has 2 rings (SSSR count). The first kappa shape index (κ1) is 14.2. The zero-order chi connectivity index (χ0) is 14.2. The molecule has 0 radical (unpaired) electrons. The molecule has 1 aliphatic heterocycles. The van der Waals surface area contributed by atoms with E-state index in [1.807, 2.05) is 0 Å². The lowest BCUT2D eigenvalue weighted by molar-refractivity contribution is 0.0359. The minimum absolute atomic E-state index is 0.0479. The SMILES string of the molecule is CN1CCN(Cc2cc(F)c(O)c(F)c2)CC1(C)C. The van der Waals surface area contributed by atoms with Crippen LogP contribution < -0.4 is 0 Å². The number of rotatable bonds is 2. The van der Waals surface area contributed by atoms with Crippen molar-refractivity contribution >= 4 is 0 Å². The highest BCUT2D eigenvalue weighted by atomic mass is 19.1. The third-order valence-corrected chi connectivity index (χ3v) is 3.88. The second-order valence-corrected chi connectivity index (χ2v) is 5.85. The zero-order valence-corrected chi connectivity index (χ0v) is 11.6. The standard InChI is InChI=1S/C14H20F2N2O/c1-14(2)9-18(5-4-17(14)3)8-10-6-11(15)13(19)12(16)7-10/h6-7,19H,4-5,8-9H2,1-3H3. The summed E-state index contributed by atoms with van der Waals surface area (Å²) in [6.45, 7) is 7.42. The summed E-state index contributed by atoms with van der Waals surface area (Å²) >= 11 is 0. The van der Waals surface area contributed by atoms with Crippen molar-refractivity contribution < 1.29 is 13.9 Å². The Labute approximate surface area is 112 Å². The van der Waals surface area contributed by atoms with Crippen LogP contribution in [0.3, 0.4) is 0 Å². The average molecular weight is 270 g/mol. The molecule has 1 aromatic carbocycles. The average Bonchev–Trinajstić information content (AvgIpc) is 2.30. The molecule has 0 aromatic heterocycles. The van der Waals surface area contributed by atoms with Gasteiger partial charge in [-0.2, -0.15) is 0 Å². The molecular weight excluding hydrogens is 250 g/mol. The lowest BCUT2D eigenvalue weighted by Crippen LogP contribution is -2.57. The van der Waals surface area contributed by atoms with E-state index in [0.717, 1.165) is 19.6 Å². The van der Waals surface area contributed by atoms with E-state index < -0.39 is 17.4 Å². The van der Waals surface area contributed by atoms with E-state index in [1.165, 1.54) is 12.1 Å². The van der Waals surface area contributed by atoms with Gasteiger partial charge in [-0.25, -0.2) is 8.78 Å². The van der Waals surface area contributed by atoms with Gasteiger partial charge in [0, 0.05) is 31.7 Å². The van der Waals surface area contributed by atoms with Crippen LogP contribution in [0.15, 0.2) is 12.1 Å². The van der Waals surface area contributed by atoms with E-state index in [1.54, 1.807) is 0 Å². The number of nitrogens with zero attached hydrogens (tertiary/aromatic N) is 2. The molecule has 0 spiro atoms. The Morgan fingerprint density at radius 1 is 1.21 bits per heavy atom. The second-order valence-electron chi connectivity index (χ2n) is 5.85. The van der Waals surface area contributed by atoms with E-state index in [2.05, 4.69) is 30.7 Å². The molecule has 3 nitrogen and oxygen atoms in total. The molecule has 0 aliphatic carbocycles.